The predicted molar refractivity (Wildman–Crippen MR) is 131 cm³/mol. The minimum atomic E-state index is -0.553. The highest BCUT2D eigenvalue weighted by Gasteiger charge is 2.44. The molecule has 0 bridgehead atoms. The summed E-state index contributed by atoms with van der Waals surface area (Å²) in [5, 5.41) is 0. The van der Waals surface area contributed by atoms with Crippen LogP contribution >= 0.6 is 15.9 Å². The number of hydrogen-bond acceptors (Lipinski definition) is 5. The number of benzene rings is 2. The lowest BCUT2D eigenvalue weighted by Crippen LogP contribution is -2.32. The van der Waals surface area contributed by atoms with E-state index in [1.165, 1.54) is 0 Å². The Labute approximate surface area is 206 Å². The normalized spacial score (nSPS) is 15.8. The molecule has 2 heterocycles. The van der Waals surface area contributed by atoms with Crippen LogP contribution in [0.15, 0.2) is 82.8 Å². The zero-order valence-corrected chi connectivity index (χ0v) is 20.5. The van der Waals surface area contributed by atoms with Gasteiger partial charge in [0.2, 0.25) is 0 Å². The van der Waals surface area contributed by atoms with Crippen molar-refractivity contribution in [2.45, 2.75) is 18.9 Å². The number of ketones is 1. The molecule has 0 saturated carbocycles. The predicted octanol–water partition coefficient (Wildman–Crippen LogP) is 4.49. The smallest absolute Gasteiger partial charge is 0.290 e. The van der Waals surface area contributed by atoms with E-state index in [9.17, 15) is 9.59 Å². The van der Waals surface area contributed by atoms with Crippen molar-refractivity contribution in [1.82, 2.24) is 14.9 Å². The Morgan fingerprint density at radius 1 is 1.12 bits per heavy atom. The summed E-state index contributed by atoms with van der Waals surface area (Å²) in [5.74, 6) is 0.444. The van der Waals surface area contributed by atoms with Crippen molar-refractivity contribution in [2.24, 2.45) is 0 Å². The Morgan fingerprint density at radius 2 is 1.88 bits per heavy atom. The molecule has 1 unspecified atom stereocenters. The van der Waals surface area contributed by atoms with Gasteiger partial charge in [-0.15, -0.1) is 0 Å². The number of Topliss-reactive ketones (excluding diaryl/α,β-unsaturated/α-hetero) is 1. The number of hydrogen-bond donors (Lipinski definition) is 1. The monoisotopic (exact) mass is 523 g/mol. The third kappa shape index (κ3) is 5.29. The molecule has 0 aliphatic carbocycles. The third-order valence-electron chi connectivity index (χ3n) is 5.65. The number of nitrogens with one attached hydrogen (secondary N) is 1. The number of aromatic nitrogens is 2. The van der Waals surface area contributed by atoms with E-state index >= 15 is 0 Å². The summed E-state index contributed by atoms with van der Waals surface area (Å²) in [4.78, 5) is 36.4. The highest BCUT2D eigenvalue weighted by molar-refractivity contribution is 9.10. The molecule has 1 aliphatic rings. The molecular weight excluding hydrogens is 498 g/mol. The van der Waals surface area contributed by atoms with E-state index in [1.807, 2.05) is 42.5 Å². The zero-order chi connectivity index (χ0) is 23.9. The molecule has 3 aromatic rings. The summed E-state index contributed by atoms with van der Waals surface area (Å²) in [7, 11) is 1.57. The highest BCUT2D eigenvalue weighted by atomic mass is 79.9. The Kier molecular flexibility index (Phi) is 7.92. The van der Waals surface area contributed by atoms with Crippen LogP contribution in [0.3, 0.4) is 0 Å². The maximum absolute atomic E-state index is 13.7. The summed E-state index contributed by atoms with van der Waals surface area (Å²) >= 11 is 3.47. The van der Waals surface area contributed by atoms with Crippen molar-refractivity contribution in [3.05, 3.63) is 99.7 Å². The second-order valence-electron chi connectivity index (χ2n) is 7.87. The number of carbonyl (C=O) groups excluding carboxylic acids is 2. The van der Waals surface area contributed by atoms with Crippen molar-refractivity contribution in [1.29, 1.82) is 0 Å². The zero-order valence-electron chi connectivity index (χ0n) is 18.9. The number of amides is 1. The molecule has 0 saturated heterocycles. The molecule has 1 amide bonds. The third-order valence-corrected chi connectivity index (χ3v) is 6.18. The van der Waals surface area contributed by atoms with Crippen molar-refractivity contribution < 1.29 is 19.1 Å². The lowest BCUT2D eigenvalue weighted by atomic mass is 9.92. The fourth-order valence-electron chi connectivity index (χ4n) is 4.06. The van der Waals surface area contributed by atoms with E-state index in [2.05, 4.69) is 25.9 Å². The van der Waals surface area contributed by atoms with Crippen molar-refractivity contribution in [2.75, 3.05) is 26.9 Å². The Balaban J connectivity index is 1.72. The summed E-state index contributed by atoms with van der Waals surface area (Å²) < 4.78 is 11.9. The summed E-state index contributed by atoms with van der Waals surface area (Å²) in [6.45, 7) is 0.935. The Hall–Kier alpha value is -3.23. The van der Waals surface area contributed by atoms with Crippen LogP contribution in [0.1, 0.15) is 34.2 Å². The van der Waals surface area contributed by atoms with Gasteiger partial charge in [-0.05, 0) is 24.1 Å². The molecule has 4 rings (SSSR count). The Morgan fingerprint density at radius 3 is 2.56 bits per heavy atom. The molecule has 0 fully saturated rings. The van der Waals surface area contributed by atoms with Crippen LogP contribution in [0.4, 0.5) is 0 Å². The van der Waals surface area contributed by atoms with Crippen molar-refractivity contribution in [3.63, 3.8) is 0 Å². The number of H-pyrrole nitrogens is 1. The second kappa shape index (κ2) is 11.3. The standard InChI is InChI=1S/C26H26BrN3O4/c1-33-16-17-34-25-22(24(31)19-6-3-2-4-7-19)23(18-9-11-20(27)12-10-18)30(26(25)32)15-5-8-21-28-13-14-29-21/h2-4,6-7,9-14,23H,5,8,15-17H2,1H3,(H,28,29). The van der Waals surface area contributed by atoms with Crippen LogP contribution in [0.25, 0.3) is 0 Å². The largest absolute Gasteiger partial charge is 0.485 e. The number of aromatic amines is 1. The fraction of sp³-hybridized carbons (Fsp3) is 0.269. The minimum Gasteiger partial charge on any atom is -0.485 e. The van der Waals surface area contributed by atoms with Gasteiger partial charge in [0, 0.05) is 42.5 Å². The molecule has 176 valence electrons. The van der Waals surface area contributed by atoms with Gasteiger partial charge >= 0.3 is 0 Å². The number of aryl methyl sites for hydroxylation is 1. The summed E-state index contributed by atoms with van der Waals surface area (Å²) in [5.41, 5.74) is 1.71. The van der Waals surface area contributed by atoms with E-state index in [-0.39, 0.29) is 24.1 Å². The molecule has 1 aliphatic heterocycles. The number of nitrogens with zero attached hydrogens (tertiary/aromatic N) is 2. The first-order valence-electron chi connectivity index (χ1n) is 11.1. The Bertz CT molecular complexity index is 1140. The van der Waals surface area contributed by atoms with E-state index in [4.69, 9.17) is 9.47 Å². The topological polar surface area (TPSA) is 84.5 Å². The van der Waals surface area contributed by atoms with Gasteiger partial charge in [-0.2, -0.15) is 0 Å². The van der Waals surface area contributed by atoms with E-state index < -0.39 is 6.04 Å². The number of halogens is 1. The van der Waals surface area contributed by atoms with E-state index in [1.54, 1.807) is 36.5 Å². The molecule has 8 heteroatoms. The number of methoxy groups -OCH3 is 1. The van der Waals surface area contributed by atoms with Gasteiger partial charge in [-0.3, -0.25) is 9.59 Å². The number of rotatable bonds is 11. The van der Waals surface area contributed by atoms with Gasteiger partial charge in [0.05, 0.1) is 18.2 Å². The van der Waals surface area contributed by atoms with Gasteiger partial charge in [0.25, 0.3) is 5.91 Å². The molecule has 1 aromatic heterocycles. The average Bonchev–Trinajstić information content (AvgIpc) is 3.47. The second-order valence-corrected chi connectivity index (χ2v) is 8.79. The van der Waals surface area contributed by atoms with E-state index in [0.717, 1.165) is 15.9 Å². The average molecular weight is 524 g/mol. The summed E-state index contributed by atoms with van der Waals surface area (Å²) in [6, 6.07) is 16.1. The molecular formula is C26H26BrN3O4. The summed E-state index contributed by atoms with van der Waals surface area (Å²) in [6.07, 6.45) is 4.86. The van der Waals surface area contributed by atoms with Crippen LogP contribution in [0.2, 0.25) is 0 Å². The number of ether oxygens (including phenoxy) is 2. The van der Waals surface area contributed by atoms with Gasteiger partial charge in [-0.1, -0.05) is 58.4 Å². The maximum atomic E-state index is 13.7. The lowest BCUT2D eigenvalue weighted by Gasteiger charge is -2.27. The van der Waals surface area contributed by atoms with Crippen LogP contribution in [0, 0.1) is 0 Å². The molecule has 1 N–H and O–H groups in total. The first-order valence-corrected chi connectivity index (χ1v) is 11.9. The van der Waals surface area contributed by atoms with Crippen LogP contribution in [-0.2, 0) is 20.7 Å². The van der Waals surface area contributed by atoms with Crippen LogP contribution in [0.5, 0.6) is 0 Å². The first kappa shape index (κ1) is 23.9. The molecule has 7 nitrogen and oxygen atoms in total. The van der Waals surface area contributed by atoms with Crippen LogP contribution < -0.4 is 0 Å². The van der Waals surface area contributed by atoms with Gasteiger partial charge in [0.1, 0.15) is 12.4 Å². The van der Waals surface area contributed by atoms with E-state index in [0.29, 0.717) is 37.1 Å². The van der Waals surface area contributed by atoms with Crippen molar-refractivity contribution >= 4 is 27.6 Å². The quantitative estimate of drug-likeness (QED) is 0.295. The van der Waals surface area contributed by atoms with Crippen molar-refractivity contribution in [3.8, 4) is 0 Å². The number of carbonyl (C=O) groups is 2. The fourth-order valence-corrected chi connectivity index (χ4v) is 4.32. The highest BCUT2D eigenvalue weighted by Crippen LogP contribution is 2.40. The molecule has 1 atom stereocenters. The van der Waals surface area contributed by atoms with Gasteiger partial charge in [-0.25, -0.2) is 4.98 Å². The first-order chi connectivity index (χ1) is 16.6. The molecule has 0 spiro atoms. The van der Waals surface area contributed by atoms with Gasteiger partial charge in [0.15, 0.2) is 11.5 Å². The molecule has 2 aromatic carbocycles. The number of imidazole rings is 1. The van der Waals surface area contributed by atoms with Gasteiger partial charge < -0.3 is 19.4 Å². The molecule has 34 heavy (non-hydrogen) atoms. The minimum absolute atomic E-state index is 0.0943. The maximum Gasteiger partial charge on any atom is 0.290 e. The SMILES string of the molecule is COCCOC1=C(C(=O)c2ccccc2)C(c2ccc(Br)cc2)N(CCCc2ncc[nH]2)C1=O. The van der Waals surface area contributed by atoms with Crippen LogP contribution in [-0.4, -0.2) is 53.4 Å². The lowest BCUT2D eigenvalue weighted by molar-refractivity contribution is -0.130. The molecule has 0 radical (unpaired) electrons.